The van der Waals surface area contributed by atoms with Crippen LogP contribution in [-0.2, 0) is 9.53 Å². The Morgan fingerprint density at radius 2 is 2.00 bits per heavy atom. The van der Waals surface area contributed by atoms with Gasteiger partial charge >= 0.3 is 12.1 Å². The van der Waals surface area contributed by atoms with Crippen molar-refractivity contribution in [3.05, 3.63) is 12.7 Å². The summed E-state index contributed by atoms with van der Waals surface area (Å²) in [6, 6.07) is 0. The lowest BCUT2D eigenvalue weighted by Gasteiger charge is -2.33. The molecular weight excluding hydrogens is 222 g/mol. The van der Waals surface area contributed by atoms with Crippen LogP contribution in [0.1, 0.15) is 33.6 Å². The first-order valence-corrected chi connectivity index (χ1v) is 5.56. The van der Waals surface area contributed by atoms with Gasteiger partial charge in [0, 0.05) is 5.54 Å². The number of carboxylic acid groups (broad SMARTS) is 1. The number of carboxylic acids is 1. The highest BCUT2D eigenvalue weighted by Crippen LogP contribution is 2.14. The summed E-state index contributed by atoms with van der Waals surface area (Å²) >= 11 is 0. The highest BCUT2D eigenvalue weighted by molar-refractivity contribution is 5.77. The Kier molecular flexibility index (Phi) is 6.31. The van der Waals surface area contributed by atoms with Crippen molar-refractivity contribution in [2.24, 2.45) is 0 Å². The zero-order valence-electron chi connectivity index (χ0n) is 10.7. The van der Waals surface area contributed by atoms with Crippen molar-refractivity contribution in [3.8, 4) is 0 Å². The predicted molar refractivity (Wildman–Crippen MR) is 64.9 cm³/mol. The topological polar surface area (TPSA) is 66.8 Å². The van der Waals surface area contributed by atoms with Crippen LogP contribution in [0.5, 0.6) is 0 Å². The number of allylic oxidation sites excluding steroid dienone is 1. The van der Waals surface area contributed by atoms with E-state index in [1.807, 2.05) is 0 Å². The van der Waals surface area contributed by atoms with Gasteiger partial charge < -0.3 is 9.84 Å². The second kappa shape index (κ2) is 6.93. The van der Waals surface area contributed by atoms with Gasteiger partial charge in [-0.3, -0.25) is 9.69 Å². The maximum Gasteiger partial charge on any atom is 0.410 e. The summed E-state index contributed by atoms with van der Waals surface area (Å²) in [5, 5.41) is 8.74. The van der Waals surface area contributed by atoms with E-state index in [-0.39, 0.29) is 13.2 Å². The van der Waals surface area contributed by atoms with E-state index in [9.17, 15) is 9.59 Å². The molecular formula is C12H21NO4. The lowest BCUT2D eigenvalue weighted by Crippen LogP contribution is -2.48. The minimum Gasteiger partial charge on any atom is -0.480 e. The summed E-state index contributed by atoms with van der Waals surface area (Å²) in [5.74, 6) is -1.05. The summed E-state index contributed by atoms with van der Waals surface area (Å²) in [6.45, 7) is 8.77. The summed E-state index contributed by atoms with van der Waals surface area (Å²) < 4.78 is 5.01. The molecule has 0 fully saturated rings. The van der Waals surface area contributed by atoms with Crippen LogP contribution in [0.25, 0.3) is 0 Å². The molecule has 0 saturated carbocycles. The van der Waals surface area contributed by atoms with Crippen LogP contribution < -0.4 is 0 Å². The van der Waals surface area contributed by atoms with Gasteiger partial charge in [-0.25, -0.2) is 4.79 Å². The van der Waals surface area contributed by atoms with E-state index in [4.69, 9.17) is 9.84 Å². The van der Waals surface area contributed by atoms with Crippen LogP contribution in [0.2, 0.25) is 0 Å². The molecule has 0 radical (unpaired) electrons. The number of unbranched alkanes of at least 4 members (excludes halogenated alkanes) is 1. The largest absolute Gasteiger partial charge is 0.480 e. The molecule has 0 spiro atoms. The number of aliphatic carboxylic acids is 1. The molecule has 0 aliphatic heterocycles. The van der Waals surface area contributed by atoms with Gasteiger partial charge in [0.1, 0.15) is 6.54 Å². The fourth-order valence-electron chi connectivity index (χ4n) is 1.18. The van der Waals surface area contributed by atoms with Crippen molar-refractivity contribution < 1.29 is 19.4 Å². The maximum atomic E-state index is 11.7. The molecule has 0 unspecified atom stereocenters. The molecule has 0 heterocycles. The molecule has 1 amide bonds. The Labute approximate surface area is 102 Å². The molecule has 0 aliphatic carbocycles. The number of hydrogen-bond acceptors (Lipinski definition) is 3. The van der Waals surface area contributed by atoms with E-state index in [0.29, 0.717) is 6.42 Å². The van der Waals surface area contributed by atoms with E-state index < -0.39 is 17.6 Å². The van der Waals surface area contributed by atoms with Gasteiger partial charge in [0.2, 0.25) is 0 Å². The van der Waals surface area contributed by atoms with Crippen molar-refractivity contribution in [3.63, 3.8) is 0 Å². The molecule has 98 valence electrons. The van der Waals surface area contributed by atoms with Gasteiger partial charge in [-0.05, 0) is 33.6 Å². The van der Waals surface area contributed by atoms with E-state index in [2.05, 4.69) is 6.58 Å². The summed E-state index contributed by atoms with van der Waals surface area (Å²) in [6.07, 6.45) is 2.61. The molecule has 0 atom stereocenters. The van der Waals surface area contributed by atoms with Crippen molar-refractivity contribution in [2.45, 2.75) is 39.2 Å². The fraction of sp³-hybridized carbons (Fsp3) is 0.667. The zero-order chi connectivity index (χ0) is 13.5. The maximum absolute atomic E-state index is 11.7. The molecule has 5 nitrogen and oxygen atoms in total. The smallest absolute Gasteiger partial charge is 0.410 e. The Morgan fingerprint density at radius 3 is 2.41 bits per heavy atom. The summed E-state index contributed by atoms with van der Waals surface area (Å²) in [7, 11) is 0. The summed E-state index contributed by atoms with van der Waals surface area (Å²) in [5.41, 5.74) is -0.575. The second-order valence-corrected chi connectivity index (χ2v) is 4.70. The number of carbonyl (C=O) groups excluding carboxylic acids is 1. The Balaban J connectivity index is 4.33. The molecule has 0 saturated heterocycles. The average molecular weight is 243 g/mol. The lowest BCUT2D eigenvalue weighted by molar-refractivity contribution is -0.139. The van der Waals surface area contributed by atoms with E-state index >= 15 is 0 Å². The molecule has 0 aliphatic rings. The number of amides is 1. The third kappa shape index (κ3) is 6.60. The predicted octanol–water partition coefficient (Wildman–Crippen LogP) is 2.27. The molecule has 0 rings (SSSR count). The molecule has 0 aromatic heterocycles. The average Bonchev–Trinajstić information content (AvgIpc) is 2.19. The van der Waals surface area contributed by atoms with Crippen molar-refractivity contribution in [1.82, 2.24) is 4.90 Å². The lowest BCUT2D eigenvalue weighted by atomic mass is 10.1. The van der Waals surface area contributed by atoms with Gasteiger partial charge in [-0.15, -0.1) is 6.58 Å². The Hall–Kier alpha value is -1.52. The highest BCUT2D eigenvalue weighted by atomic mass is 16.6. The third-order valence-electron chi connectivity index (χ3n) is 2.10. The SMILES string of the molecule is C=CCCCOC(=O)N(CC(=O)O)C(C)(C)C. The summed E-state index contributed by atoms with van der Waals surface area (Å²) in [4.78, 5) is 23.6. The van der Waals surface area contributed by atoms with Crippen LogP contribution in [0, 0.1) is 0 Å². The minimum absolute atomic E-state index is 0.275. The van der Waals surface area contributed by atoms with Crippen molar-refractivity contribution >= 4 is 12.1 Å². The third-order valence-corrected chi connectivity index (χ3v) is 2.10. The molecule has 17 heavy (non-hydrogen) atoms. The number of hydrogen-bond donors (Lipinski definition) is 1. The van der Waals surface area contributed by atoms with Gasteiger partial charge in [-0.1, -0.05) is 6.08 Å². The van der Waals surface area contributed by atoms with Crippen molar-refractivity contribution in [2.75, 3.05) is 13.2 Å². The number of carbonyl (C=O) groups is 2. The van der Waals surface area contributed by atoms with E-state index in [1.165, 1.54) is 4.90 Å². The minimum atomic E-state index is -1.05. The van der Waals surface area contributed by atoms with Crippen LogP contribution in [-0.4, -0.2) is 40.8 Å². The molecule has 0 aromatic rings. The van der Waals surface area contributed by atoms with Crippen LogP contribution in [0.15, 0.2) is 12.7 Å². The first-order valence-electron chi connectivity index (χ1n) is 5.56. The standard InChI is InChI=1S/C12H21NO4/c1-5-6-7-8-17-11(16)13(9-10(14)15)12(2,3)4/h5H,1,6-9H2,2-4H3,(H,14,15). The monoisotopic (exact) mass is 243 g/mol. The van der Waals surface area contributed by atoms with Crippen LogP contribution in [0.3, 0.4) is 0 Å². The Morgan fingerprint density at radius 1 is 1.41 bits per heavy atom. The van der Waals surface area contributed by atoms with Crippen LogP contribution in [0.4, 0.5) is 4.79 Å². The van der Waals surface area contributed by atoms with Gasteiger partial charge in [-0.2, -0.15) is 0 Å². The quantitative estimate of drug-likeness (QED) is 0.574. The number of ether oxygens (including phenoxy) is 1. The van der Waals surface area contributed by atoms with Gasteiger partial charge in [0.15, 0.2) is 0 Å². The molecule has 0 bridgehead atoms. The first-order chi connectivity index (χ1) is 7.79. The fourth-order valence-corrected chi connectivity index (χ4v) is 1.18. The number of rotatable bonds is 6. The Bertz CT molecular complexity index is 281. The van der Waals surface area contributed by atoms with Crippen molar-refractivity contribution in [1.29, 1.82) is 0 Å². The number of nitrogens with zero attached hydrogens (tertiary/aromatic N) is 1. The molecule has 5 heteroatoms. The van der Waals surface area contributed by atoms with E-state index in [0.717, 1.165) is 6.42 Å². The molecule has 1 N–H and O–H groups in total. The van der Waals surface area contributed by atoms with Crippen LogP contribution >= 0.6 is 0 Å². The zero-order valence-corrected chi connectivity index (χ0v) is 10.7. The molecule has 0 aromatic carbocycles. The highest BCUT2D eigenvalue weighted by Gasteiger charge is 2.29. The van der Waals surface area contributed by atoms with E-state index in [1.54, 1.807) is 26.8 Å². The normalized spacial score (nSPS) is 10.8. The first kappa shape index (κ1) is 15.5. The van der Waals surface area contributed by atoms with Gasteiger partial charge in [0.05, 0.1) is 6.61 Å². The second-order valence-electron chi connectivity index (χ2n) is 4.70. The van der Waals surface area contributed by atoms with Gasteiger partial charge in [0.25, 0.3) is 0 Å².